The minimum Gasteiger partial charge on any atom is -0.491 e. The normalized spacial score (nSPS) is 11.6. The zero-order chi connectivity index (χ0) is 17.2. The van der Waals surface area contributed by atoms with Crippen LogP contribution in [0.4, 0.5) is 13.2 Å². The van der Waals surface area contributed by atoms with Crippen LogP contribution < -0.4 is 4.74 Å². The van der Waals surface area contributed by atoms with Crippen LogP contribution >= 0.6 is 0 Å². The highest BCUT2D eigenvalue weighted by molar-refractivity contribution is 5.96. The van der Waals surface area contributed by atoms with Crippen LogP contribution in [0.5, 0.6) is 5.75 Å². The number of hydrogen-bond acceptors (Lipinski definition) is 2. The Kier molecular flexibility index (Phi) is 4.63. The lowest BCUT2D eigenvalue weighted by Crippen LogP contribution is -2.07. The van der Waals surface area contributed by atoms with Crippen LogP contribution in [0.25, 0.3) is 11.1 Å². The lowest BCUT2D eigenvalue weighted by molar-refractivity contribution is -0.137. The zero-order valence-electron chi connectivity index (χ0n) is 12.5. The van der Waals surface area contributed by atoms with Crippen LogP contribution in [0.2, 0.25) is 0 Å². The third-order valence-electron chi connectivity index (χ3n) is 3.12. The SMILES string of the molecule is CC(C)Oc1ccc(-c2ccc(C(F)(F)F)cc2)c(C(=O)O)c1. The molecule has 122 valence electrons. The molecule has 0 unspecified atom stereocenters. The molecule has 2 aromatic rings. The summed E-state index contributed by atoms with van der Waals surface area (Å²) in [7, 11) is 0. The number of aromatic carboxylic acids is 1. The fourth-order valence-electron chi connectivity index (χ4n) is 2.14. The first-order valence-electron chi connectivity index (χ1n) is 6.90. The van der Waals surface area contributed by atoms with Crippen LogP contribution in [-0.2, 0) is 6.18 Å². The van der Waals surface area contributed by atoms with Gasteiger partial charge in [-0.15, -0.1) is 0 Å². The molecule has 1 N–H and O–H groups in total. The third kappa shape index (κ3) is 4.03. The molecule has 0 radical (unpaired) electrons. The van der Waals surface area contributed by atoms with E-state index in [-0.39, 0.29) is 11.7 Å². The second kappa shape index (κ2) is 6.32. The van der Waals surface area contributed by atoms with E-state index in [9.17, 15) is 23.1 Å². The molecule has 23 heavy (non-hydrogen) atoms. The summed E-state index contributed by atoms with van der Waals surface area (Å²) in [5.74, 6) is -0.776. The Labute approximate surface area is 131 Å². The van der Waals surface area contributed by atoms with E-state index >= 15 is 0 Å². The summed E-state index contributed by atoms with van der Waals surface area (Å²) < 4.78 is 43.2. The number of carbonyl (C=O) groups is 1. The number of alkyl halides is 3. The van der Waals surface area contributed by atoms with Gasteiger partial charge in [0.05, 0.1) is 17.2 Å². The average Bonchev–Trinajstić information content (AvgIpc) is 2.45. The second-order valence-electron chi connectivity index (χ2n) is 5.25. The van der Waals surface area contributed by atoms with E-state index < -0.39 is 17.7 Å². The van der Waals surface area contributed by atoms with Crippen molar-refractivity contribution in [1.82, 2.24) is 0 Å². The Balaban J connectivity index is 2.44. The van der Waals surface area contributed by atoms with Gasteiger partial charge < -0.3 is 9.84 Å². The van der Waals surface area contributed by atoms with Crippen molar-refractivity contribution in [2.24, 2.45) is 0 Å². The van der Waals surface area contributed by atoms with Gasteiger partial charge in [0, 0.05) is 0 Å². The first-order chi connectivity index (χ1) is 10.7. The van der Waals surface area contributed by atoms with Gasteiger partial charge in [0.25, 0.3) is 0 Å². The second-order valence-corrected chi connectivity index (χ2v) is 5.25. The maximum Gasteiger partial charge on any atom is 0.416 e. The van der Waals surface area contributed by atoms with Crippen molar-refractivity contribution in [1.29, 1.82) is 0 Å². The molecule has 0 aliphatic carbocycles. The van der Waals surface area contributed by atoms with Gasteiger partial charge in [0.1, 0.15) is 5.75 Å². The van der Waals surface area contributed by atoms with Crippen LogP contribution in [0.15, 0.2) is 42.5 Å². The highest BCUT2D eigenvalue weighted by Gasteiger charge is 2.30. The number of carboxylic acids is 1. The first-order valence-corrected chi connectivity index (χ1v) is 6.90. The topological polar surface area (TPSA) is 46.5 Å². The van der Waals surface area contributed by atoms with Crippen molar-refractivity contribution in [2.75, 3.05) is 0 Å². The maximum atomic E-state index is 12.6. The maximum absolute atomic E-state index is 12.6. The molecule has 0 fully saturated rings. The molecule has 0 bridgehead atoms. The fourth-order valence-corrected chi connectivity index (χ4v) is 2.14. The summed E-state index contributed by atoms with van der Waals surface area (Å²) in [6, 6.07) is 8.87. The van der Waals surface area contributed by atoms with Gasteiger partial charge in [-0.3, -0.25) is 0 Å². The van der Waals surface area contributed by atoms with E-state index in [1.54, 1.807) is 6.07 Å². The van der Waals surface area contributed by atoms with Crippen molar-refractivity contribution in [3.8, 4) is 16.9 Å². The van der Waals surface area contributed by atoms with Crippen LogP contribution in [0.3, 0.4) is 0 Å². The summed E-state index contributed by atoms with van der Waals surface area (Å²) in [4.78, 5) is 11.4. The summed E-state index contributed by atoms with van der Waals surface area (Å²) in [6.45, 7) is 3.62. The van der Waals surface area contributed by atoms with Gasteiger partial charge in [-0.05, 0) is 55.3 Å². The Hall–Kier alpha value is -2.50. The van der Waals surface area contributed by atoms with Gasteiger partial charge in [0.2, 0.25) is 0 Å². The Morgan fingerprint density at radius 2 is 1.70 bits per heavy atom. The van der Waals surface area contributed by atoms with Gasteiger partial charge in [0.15, 0.2) is 0 Å². The monoisotopic (exact) mass is 324 g/mol. The molecule has 0 spiro atoms. The van der Waals surface area contributed by atoms with Crippen molar-refractivity contribution < 1.29 is 27.8 Å². The molecule has 2 aromatic carbocycles. The number of rotatable bonds is 4. The van der Waals surface area contributed by atoms with E-state index in [1.807, 2.05) is 13.8 Å². The Morgan fingerprint density at radius 3 is 2.17 bits per heavy atom. The summed E-state index contributed by atoms with van der Waals surface area (Å²) >= 11 is 0. The quantitative estimate of drug-likeness (QED) is 0.874. The first kappa shape index (κ1) is 16.9. The lowest BCUT2D eigenvalue weighted by atomic mass is 9.98. The van der Waals surface area contributed by atoms with E-state index in [0.29, 0.717) is 16.9 Å². The summed E-state index contributed by atoms with van der Waals surface area (Å²) in [5, 5.41) is 9.33. The zero-order valence-corrected chi connectivity index (χ0v) is 12.5. The predicted molar refractivity (Wildman–Crippen MR) is 79.6 cm³/mol. The molecule has 0 heterocycles. The van der Waals surface area contributed by atoms with E-state index in [4.69, 9.17) is 4.74 Å². The van der Waals surface area contributed by atoms with E-state index in [0.717, 1.165) is 12.1 Å². The van der Waals surface area contributed by atoms with E-state index in [1.165, 1.54) is 24.3 Å². The van der Waals surface area contributed by atoms with Gasteiger partial charge in [-0.2, -0.15) is 13.2 Å². The smallest absolute Gasteiger partial charge is 0.416 e. The largest absolute Gasteiger partial charge is 0.491 e. The van der Waals surface area contributed by atoms with Gasteiger partial charge in [-0.25, -0.2) is 4.79 Å². The van der Waals surface area contributed by atoms with Crippen molar-refractivity contribution in [3.05, 3.63) is 53.6 Å². The molecule has 0 saturated carbocycles. The standard InChI is InChI=1S/C17H15F3O3/c1-10(2)23-13-7-8-14(15(9-13)16(21)22)11-3-5-12(6-4-11)17(18,19)20/h3-10H,1-2H3,(H,21,22). The summed E-state index contributed by atoms with van der Waals surface area (Å²) in [5.41, 5.74) is -0.0744. The average molecular weight is 324 g/mol. The van der Waals surface area contributed by atoms with Crippen molar-refractivity contribution in [2.45, 2.75) is 26.1 Å². The molecule has 0 aliphatic heterocycles. The molecule has 0 amide bonds. The van der Waals surface area contributed by atoms with Crippen LogP contribution in [0, 0.1) is 0 Å². The highest BCUT2D eigenvalue weighted by atomic mass is 19.4. The fraction of sp³-hybridized carbons (Fsp3) is 0.235. The van der Waals surface area contributed by atoms with Gasteiger partial charge >= 0.3 is 12.1 Å². The third-order valence-corrected chi connectivity index (χ3v) is 3.12. The molecule has 2 rings (SSSR count). The number of benzene rings is 2. The number of halogens is 3. The molecule has 0 aromatic heterocycles. The molecule has 0 atom stereocenters. The number of carboxylic acid groups (broad SMARTS) is 1. The predicted octanol–water partition coefficient (Wildman–Crippen LogP) is 4.86. The van der Waals surface area contributed by atoms with Crippen LogP contribution in [-0.4, -0.2) is 17.2 Å². The molecular weight excluding hydrogens is 309 g/mol. The molecular formula is C17H15F3O3. The Bertz CT molecular complexity index is 704. The van der Waals surface area contributed by atoms with Crippen molar-refractivity contribution in [3.63, 3.8) is 0 Å². The van der Waals surface area contributed by atoms with Crippen molar-refractivity contribution >= 4 is 5.97 Å². The highest BCUT2D eigenvalue weighted by Crippen LogP contribution is 2.33. The number of hydrogen-bond donors (Lipinski definition) is 1. The molecule has 0 saturated heterocycles. The van der Waals surface area contributed by atoms with Gasteiger partial charge in [-0.1, -0.05) is 12.1 Å². The molecule has 3 nitrogen and oxygen atoms in total. The number of ether oxygens (including phenoxy) is 1. The lowest BCUT2D eigenvalue weighted by Gasteiger charge is -2.13. The minimum absolute atomic E-state index is 0.0251. The molecule has 6 heteroatoms. The summed E-state index contributed by atoms with van der Waals surface area (Å²) in [6.07, 6.45) is -4.54. The molecule has 0 aliphatic rings. The minimum atomic E-state index is -4.43. The van der Waals surface area contributed by atoms with Crippen LogP contribution in [0.1, 0.15) is 29.8 Å². The van der Waals surface area contributed by atoms with E-state index in [2.05, 4.69) is 0 Å². The Morgan fingerprint density at radius 1 is 1.09 bits per heavy atom.